The van der Waals surface area contributed by atoms with Crippen molar-refractivity contribution in [2.45, 2.75) is 25.8 Å². The molecule has 1 aromatic rings. The predicted octanol–water partition coefficient (Wildman–Crippen LogP) is 2.54. The minimum Gasteiger partial charge on any atom is -0.481 e. The highest BCUT2D eigenvalue weighted by atomic mass is 16.4. The number of carbonyl (C=O) groups is 1. The number of fused-ring (bicyclic) bond motifs is 1. The Morgan fingerprint density at radius 2 is 2.17 bits per heavy atom. The lowest BCUT2D eigenvalue weighted by molar-refractivity contribution is -0.146. The van der Waals surface area contributed by atoms with Crippen molar-refractivity contribution < 1.29 is 9.90 Å². The summed E-state index contributed by atoms with van der Waals surface area (Å²) in [5, 5.41) is 9.38. The van der Waals surface area contributed by atoms with E-state index in [1.807, 2.05) is 18.2 Å². The number of carboxylic acid groups (broad SMARTS) is 1. The second-order valence-corrected chi connectivity index (χ2v) is 5.71. The summed E-state index contributed by atoms with van der Waals surface area (Å²) in [7, 11) is 0. The van der Waals surface area contributed by atoms with Gasteiger partial charge in [-0.3, -0.25) is 9.69 Å². The zero-order valence-electron chi connectivity index (χ0n) is 10.7. The van der Waals surface area contributed by atoms with E-state index in [-0.39, 0.29) is 0 Å². The van der Waals surface area contributed by atoms with E-state index in [1.165, 1.54) is 5.56 Å². The van der Waals surface area contributed by atoms with E-state index in [2.05, 4.69) is 24.0 Å². The van der Waals surface area contributed by atoms with Crippen LogP contribution in [0.15, 0.2) is 30.3 Å². The third-order valence-corrected chi connectivity index (χ3v) is 4.74. The quantitative estimate of drug-likeness (QED) is 0.889. The standard InChI is InChI=1S/C15H19NO2/c1-11(12-5-3-2-4-6-12)16-8-7-13-9-15(13,10-16)14(17)18/h2-6,11,13H,7-10H2,1H3,(H,17,18). The summed E-state index contributed by atoms with van der Waals surface area (Å²) in [5.41, 5.74) is 0.846. The van der Waals surface area contributed by atoms with Gasteiger partial charge in [0.2, 0.25) is 0 Å². The van der Waals surface area contributed by atoms with Crippen LogP contribution in [0.25, 0.3) is 0 Å². The number of aliphatic carboxylic acids is 1. The molecule has 3 atom stereocenters. The van der Waals surface area contributed by atoms with Crippen LogP contribution in [0, 0.1) is 11.3 Å². The van der Waals surface area contributed by atoms with E-state index >= 15 is 0 Å². The number of likely N-dealkylation sites (tertiary alicyclic amines) is 1. The number of rotatable bonds is 3. The molecule has 0 aromatic heterocycles. The first kappa shape index (κ1) is 11.7. The average molecular weight is 245 g/mol. The number of hydrogen-bond donors (Lipinski definition) is 1. The van der Waals surface area contributed by atoms with Crippen LogP contribution in [-0.2, 0) is 4.79 Å². The topological polar surface area (TPSA) is 40.5 Å². The molecule has 0 spiro atoms. The predicted molar refractivity (Wildman–Crippen MR) is 69.2 cm³/mol. The Morgan fingerprint density at radius 1 is 1.44 bits per heavy atom. The maximum absolute atomic E-state index is 11.4. The van der Waals surface area contributed by atoms with Crippen LogP contribution in [-0.4, -0.2) is 29.1 Å². The first-order valence-corrected chi connectivity index (χ1v) is 6.66. The van der Waals surface area contributed by atoms with Crippen LogP contribution >= 0.6 is 0 Å². The highest BCUT2D eigenvalue weighted by Crippen LogP contribution is 2.58. The molecule has 1 heterocycles. The third-order valence-electron chi connectivity index (χ3n) is 4.74. The molecule has 3 rings (SSSR count). The van der Waals surface area contributed by atoms with Gasteiger partial charge in [0, 0.05) is 12.6 Å². The Labute approximate surface area is 107 Å². The van der Waals surface area contributed by atoms with Gasteiger partial charge >= 0.3 is 5.97 Å². The number of carboxylic acids is 1. The van der Waals surface area contributed by atoms with E-state index in [1.54, 1.807) is 0 Å². The maximum atomic E-state index is 11.4. The molecule has 1 saturated carbocycles. The van der Waals surface area contributed by atoms with Gasteiger partial charge < -0.3 is 5.11 Å². The fourth-order valence-electron chi connectivity index (χ4n) is 3.32. The van der Waals surface area contributed by atoms with Gasteiger partial charge in [0.1, 0.15) is 0 Å². The van der Waals surface area contributed by atoms with Gasteiger partial charge in [-0.05, 0) is 37.8 Å². The summed E-state index contributed by atoms with van der Waals surface area (Å²) < 4.78 is 0. The molecule has 3 unspecified atom stereocenters. The molecule has 0 radical (unpaired) electrons. The van der Waals surface area contributed by atoms with Gasteiger partial charge in [0.05, 0.1) is 5.41 Å². The van der Waals surface area contributed by atoms with Gasteiger partial charge in [0.15, 0.2) is 0 Å². The fourth-order valence-corrected chi connectivity index (χ4v) is 3.32. The van der Waals surface area contributed by atoms with Crippen LogP contribution in [0.2, 0.25) is 0 Å². The minimum absolute atomic E-state index is 0.309. The van der Waals surface area contributed by atoms with Crippen LogP contribution in [0.4, 0.5) is 0 Å². The van der Waals surface area contributed by atoms with E-state index < -0.39 is 11.4 Å². The van der Waals surface area contributed by atoms with Crippen molar-refractivity contribution in [1.29, 1.82) is 0 Å². The molecule has 1 N–H and O–H groups in total. The van der Waals surface area contributed by atoms with Gasteiger partial charge in [-0.15, -0.1) is 0 Å². The van der Waals surface area contributed by atoms with Gasteiger partial charge in [0.25, 0.3) is 0 Å². The molecule has 1 aromatic carbocycles. The number of hydrogen-bond acceptors (Lipinski definition) is 2. The van der Waals surface area contributed by atoms with E-state index in [0.717, 1.165) is 19.4 Å². The first-order valence-electron chi connectivity index (χ1n) is 6.66. The molecule has 18 heavy (non-hydrogen) atoms. The zero-order valence-corrected chi connectivity index (χ0v) is 10.7. The lowest BCUT2D eigenvalue weighted by Gasteiger charge is -2.35. The molecular formula is C15H19NO2. The van der Waals surface area contributed by atoms with E-state index in [0.29, 0.717) is 18.5 Å². The van der Waals surface area contributed by atoms with Crippen molar-refractivity contribution in [1.82, 2.24) is 4.90 Å². The highest BCUT2D eigenvalue weighted by molar-refractivity contribution is 5.79. The Bertz CT molecular complexity index is 459. The summed E-state index contributed by atoms with van der Waals surface area (Å²) in [6.45, 7) is 3.91. The summed E-state index contributed by atoms with van der Waals surface area (Å²) >= 11 is 0. The summed E-state index contributed by atoms with van der Waals surface area (Å²) in [4.78, 5) is 13.7. The molecular weight excluding hydrogens is 226 g/mol. The molecule has 0 bridgehead atoms. The summed E-state index contributed by atoms with van der Waals surface area (Å²) in [6, 6.07) is 10.7. The zero-order chi connectivity index (χ0) is 12.8. The molecule has 2 fully saturated rings. The molecule has 1 aliphatic heterocycles. The smallest absolute Gasteiger partial charge is 0.311 e. The van der Waals surface area contributed by atoms with E-state index in [4.69, 9.17) is 0 Å². The largest absolute Gasteiger partial charge is 0.481 e. The van der Waals surface area contributed by atoms with Gasteiger partial charge in [-0.25, -0.2) is 0 Å². The third kappa shape index (κ3) is 1.74. The van der Waals surface area contributed by atoms with Crippen molar-refractivity contribution in [3.8, 4) is 0 Å². The number of piperidine rings is 1. The number of nitrogens with zero attached hydrogens (tertiary/aromatic N) is 1. The molecule has 3 nitrogen and oxygen atoms in total. The second kappa shape index (κ2) is 4.09. The Morgan fingerprint density at radius 3 is 2.83 bits per heavy atom. The Hall–Kier alpha value is -1.35. The lowest BCUT2D eigenvalue weighted by atomic mass is 9.94. The maximum Gasteiger partial charge on any atom is 0.311 e. The van der Waals surface area contributed by atoms with Crippen molar-refractivity contribution in [2.24, 2.45) is 11.3 Å². The second-order valence-electron chi connectivity index (χ2n) is 5.71. The molecule has 1 aliphatic carbocycles. The normalized spacial score (nSPS) is 32.6. The molecule has 96 valence electrons. The van der Waals surface area contributed by atoms with Crippen LogP contribution in [0.5, 0.6) is 0 Å². The monoisotopic (exact) mass is 245 g/mol. The molecule has 2 aliphatic rings. The highest BCUT2D eigenvalue weighted by Gasteiger charge is 2.62. The summed E-state index contributed by atoms with van der Waals surface area (Å²) in [6.07, 6.45) is 1.91. The molecule has 0 amide bonds. The van der Waals surface area contributed by atoms with Crippen molar-refractivity contribution >= 4 is 5.97 Å². The Balaban J connectivity index is 1.76. The lowest BCUT2D eigenvalue weighted by Crippen LogP contribution is -2.41. The molecule has 3 heteroatoms. The van der Waals surface area contributed by atoms with E-state index in [9.17, 15) is 9.90 Å². The van der Waals surface area contributed by atoms with Crippen LogP contribution < -0.4 is 0 Å². The SMILES string of the molecule is CC(c1ccccc1)N1CCC2CC2(C(=O)O)C1. The van der Waals surface area contributed by atoms with Crippen LogP contribution in [0.1, 0.15) is 31.4 Å². The number of benzene rings is 1. The van der Waals surface area contributed by atoms with Crippen molar-refractivity contribution in [3.05, 3.63) is 35.9 Å². The Kier molecular flexibility index (Phi) is 2.67. The summed E-state index contributed by atoms with van der Waals surface area (Å²) in [5.74, 6) is -0.174. The fraction of sp³-hybridized carbons (Fsp3) is 0.533. The van der Waals surface area contributed by atoms with Crippen molar-refractivity contribution in [3.63, 3.8) is 0 Å². The van der Waals surface area contributed by atoms with Crippen molar-refractivity contribution in [2.75, 3.05) is 13.1 Å². The molecule has 1 saturated heterocycles. The van der Waals surface area contributed by atoms with Crippen LogP contribution in [0.3, 0.4) is 0 Å². The minimum atomic E-state index is -0.600. The first-order chi connectivity index (χ1) is 8.63. The van der Waals surface area contributed by atoms with Gasteiger partial charge in [-0.1, -0.05) is 30.3 Å². The van der Waals surface area contributed by atoms with Gasteiger partial charge in [-0.2, -0.15) is 0 Å². The average Bonchev–Trinajstić information content (AvgIpc) is 3.14.